The van der Waals surface area contributed by atoms with Crippen LogP contribution in [0, 0.1) is 0 Å². The van der Waals surface area contributed by atoms with E-state index in [1.807, 2.05) is 0 Å². The van der Waals surface area contributed by atoms with Crippen molar-refractivity contribution in [3.8, 4) is 0 Å². The lowest BCUT2D eigenvalue weighted by molar-refractivity contribution is -0.175. The highest BCUT2D eigenvalue weighted by atomic mass is 16.6. The molecule has 1 atom stereocenters. The van der Waals surface area contributed by atoms with E-state index in [4.69, 9.17) is 20.3 Å². The van der Waals surface area contributed by atoms with Crippen LogP contribution >= 0.6 is 0 Å². The Morgan fingerprint density at radius 1 is 1.54 bits per heavy atom. The highest BCUT2D eigenvalue weighted by Crippen LogP contribution is 2.23. The van der Waals surface area contributed by atoms with Crippen molar-refractivity contribution in [3.05, 3.63) is 0 Å². The lowest BCUT2D eigenvalue weighted by Crippen LogP contribution is -2.46. The zero-order valence-corrected chi connectivity index (χ0v) is 7.49. The Kier molecular flexibility index (Phi) is 3.65. The Morgan fingerprint density at radius 3 is 2.77 bits per heavy atom. The van der Waals surface area contributed by atoms with Crippen molar-refractivity contribution in [2.75, 3.05) is 26.4 Å². The molecule has 1 aliphatic rings. The molecule has 1 unspecified atom stereocenters. The van der Waals surface area contributed by atoms with Crippen LogP contribution in [0.2, 0.25) is 0 Å². The van der Waals surface area contributed by atoms with Crippen molar-refractivity contribution in [2.24, 2.45) is 5.73 Å². The molecule has 1 aliphatic heterocycles. The van der Waals surface area contributed by atoms with Gasteiger partial charge in [-0.15, -0.1) is 0 Å². The fraction of sp³-hybridized carbons (Fsp3) is 0.875. The van der Waals surface area contributed by atoms with Crippen LogP contribution in [-0.4, -0.2) is 43.0 Å². The molecule has 3 N–H and O–H groups in total. The number of hydrogen-bond acceptors (Lipinski definition) is 4. The molecule has 1 heterocycles. The first-order chi connectivity index (χ1) is 6.18. The number of carbonyl (C=O) groups is 1. The molecule has 0 amide bonds. The summed E-state index contributed by atoms with van der Waals surface area (Å²) in [4.78, 5) is 10.6. The van der Waals surface area contributed by atoms with Gasteiger partial charge >= 0.3 is 5.97 Å². The third-order valence-electron chi connectivity index (χ3n) is 2.07. The van der Waals surface area contributed by atoms with E-state index in [-0.39, 0.29) is 6.42 Å². The van der Waals surface area contributed by atoms with E-state index in [9.17, 15) is 4.79 Å². The van der Waals surface area contributed by atoms with Gasteiger partial charge in [0.1, 0.15) is 5.60 Å². The molecule has 5 nitrogen and oxygen atoms in total. The number of rotatable bonds is 4. The number of aliphatic carboxylic acids is 1. The molecule has 13 heavy (non-hydrogen) atoms. The quantitative estimate of drug-likeness (QED) is 0.628. The van der Waals surface area contributed by atoms with Gasteiger partial charge in [-0.1, -0.05) is 0 Å². The third-order valence-corrected chi connectivity index (χ3v) is 2.07. The number of nitrogens with two attached hydrogens (primary N) is 1. The molecule has 0 spiro atoms. The van der Waals surface area contributed by atoms with E-state index in [0.717, 1.165) is 0 Å². The maximum atomic E-state index is 10.6. The molecule has 0 aromatic rings. The van der Waals surface area contributed by atoms with Crippen LogP contribution in [0.5, 0.6) is 0 Å². The number of carboxylic acid groups (broad SMARTS) is 1. The van der Waals surface area contributed by atoms with Crippen LogP contribution in [0.4, 0.5) is 0 Å². The summed E-state index contributed by atoms with van der Waals surface area (Å²) in [6.45, 7) is 1.73. The molecule has 1 rings (SSSR count). The molecule has 0 aromatic carbocycles. The Hall–Kier alpha value is -0.650. The van der Waals surface area contributed by atoms with Crippen LogP contribution in [0.3, 0.4) is 0 Å². The number of ether oxygens (including phenoxy) is 2. The monoisotopic (exact) mass is 189 g/mol. The summed E-state index contributed by atoms with van der Waals surface area (Å²) in [5.41, 5.74) is 4.70. The van der Waals surface area contributed by atoms with E-state index in [1.165, 1.54) is 0 Å². The van der Waals surface area contributed by atoms with Gasteiger partial charge < -0.3 is 20.3 Å². The SMILES string of the molecule is NCCC1(CC(=O)O)COCCO1. The predicted molar refractivity (Wildman–Crippen MR) is 45.4 cm³/mol. The van der Waals surface area contributed by atoms with Crippen molar-refractivity contribution in [1.29, 1.82) is 0 Å². The second-order valence-electron chi connectivity index (χ2n) is 3.19. The predicted octanol–water partition coefficient (Wildman–Crippen LogP) is -0.405. The number of carboxylic acids is 1. The molecule has 0 radical (unpaired) electrons. The Labute approximate surface area is 76.8 Å². The van der Waals surface area contributed by atoms with Gasteiger partial charge in [-0.25, -0.2) is 0 Å². The first-order valence-electron chi connectivity index (χ1n) is 4.32. The van der Waals surface area contributed by atoms with Crippen molar-refractivity contribution in [3.63, 3.8) is 0 Å². The van der Waals surface area contributed by atoms with Crippen LogP contribution in [0.1, 0.15) is 12.8 Å². The van der Waals surface area contributed by atoms with E-state index < -0.39 is 11.6 Å². The largest absolute Gasteiger partial charge is 0.481 e. The van der Waals surface area contributed by atoms with Gasteiger partial charge in [-0.3, -0.25) is 4.79 Å². The van der Waals surface area contributed by atoms with Gasteiger partial charge in [0, 0.05) is 0 Å². The van der Waals surface area contributed by atoms with Crippen molar-refractivity contribution in [2.45, 2.75) is 18.4 Å². The topological polar surface area (TPSA) is 81.8 Å². The smallest absolute Gasteiger partial charge is 0.306 e. The van der Waals surface area contributed by atoms with Crippen LogP contribution in [0.25, 0.3) is 0 Å². The maximum Gasteiger partial charge on any atom is 0.306 e. The summed E-state index contributed by atoms with van der Waals surface area (Å²) in [7, 11) is 0. The second-order valence-corrected chi connectivity index (χ2v) is 3.19. The lowest BCUT2D eigenvalue weighted by Gasteiger charge is -2.35. The average molecular weight is 189 g/mol. The zero-order valence-electron chi connectivity index (χ0n) is 7.49. The fourth-order valence-corrected chi connectivity index (χ4v) is 1.49. The zero-order chi connectivity index (χ0) is 9.73. The third kappa shape index (κ3) is 2.95. The second kappa shape index (κ2) is 4.55. The van der Waals surface area contributed by atoms with Crippen LogP contribution in [-0.2, 0) is 14.3 Å². The molecule has 5 heteroatoms. The molecule has 0 saturated carbocycles. The van der Waals surface area contributed by atoms with Crippen LogP contribution < -0.4 is 5.73 Å². The highest BCUT2D eigenvalue weighted by molar-refractivity contribution is 5.68. The first kappa shape index (κ1) is 10.4. The van der Waals surface area contributed by atoms with E-state index in [1.54, 1.807) is 0 Å². The van der Waals surface area contributed by atoms with Crippen LogP contribution in [0.15, 0.2) is 0 Å². The summed E-state index contributed by atoms with van der Waals surface area (Å²) >= 11 is 0. The summed E-state index contributed by atoms with van der Waals surface area (Å²) in [5.74, 6) is -0.876. The van der Waals surface area contributed by atoms with Gasteiger partial charge in [0.15, 0.2) is 0 Å². The molecular weight excluding hydrogens is 174 g/mol. The molecule has 0 bridgehead atoms. The average Bonchev–Trinajstić information content (AvgIpc) is 2.04. The maximum absolute atomic E-state index is 10.6. The molecular formula is C8H15NO4. The molecule has 1 fully saturated rings. The minimum Gasteiger partial charge on any atom is -0.481 e. The Bertz CT molecular complexity index is 171. The Balaban J connectivity index is 2.55. The lowest BCUT2D eigenvalue weighted by atomic mass is 9.95. The fourth-order valence-electron chi connectivity index (χ4n) is 1.49. The normalized spacial score (nSPS) is 28.7. The summed E-state index contributed by atoms with van der Waals surface area (Å²) in [5, 5.41) is 8.68. The van der Waals surface area contributed by atoms with Gasteiger partial charge in [0.05, 0.1) is 26.2 Å². The molecule has 0 aromatic heterocycles. The van der Waals surface area contributed by atoms with Gasteiger partial charge in [-0.2, -0.15) is 0 Å². The van der Waals surface area contributed by atoms with E-state index >= 15 is 0 Å². The summed E-state index contributed by atoms with van der Waals surface area (Å²) in [6.07, 6.45) is 0.490. The first-order valence-corrected chi connectivity index (χ1v) is 4.32. The van der Waals surface area contributed by atoms with Gasteiger partial charge in [0.2, 0.25) is 0 Å². The summed E-state index contributed by atoms with van der Waals surface area (Å²) in [6, 6.07) is 0. The van der Waals surface area contributed by atoms with Gasteiger partial charge in [-0.05, 0) is 13.0 Å². The minimum absolute atomic E-state index is 0.0375. The van der Waals surface area contributed by atoms with Gasteiger partial charge in [0.25, 0.3) is 0 Å². The molecule has 0 aliphatic carbocycles. The summed E-state index contributed by atoms with van der Waals surface area (Å²) < 4.78 is 10.6. The van der Waals surface area contributed by atoms with E-state index in [2.05, 4.69) is 0 Å². The standard InChI is InChI=1S/C8H15NO4/c9-2-1-8(5-7(10)11)6-12-3-4-13-8/h1-6,9H2,(H,10,11). The van der Waals surface area contributed by atoms with E-state index in [0.29, 0.717) is 32.8 Å². The number of hydrogen-bond donors (Lipinski definition) is 2. The van der Waals surface area contributed by atoms with Crippen molar-refractivity contribution in [1.82, 2.24) is 0 Å². The molecule has 1 saturated heterocycles. The highest BCUT2D eigenvalue weighted by Gasteiger charge is 2.35. The van der Waals surface area contributed by atoms with Crippen molar-refractivity contribution >= 4 is 5.97 Å². The van der Waals surface area contributed by atoms with Crippen molar-refractivity contribution < 1.29 is 19.4 Å². The Morgan fingerprint density at radius 2 is 2.31 bits per heavy atom. The molecule has 76 valence electrons. The minimum atomic E-state index is -0.876.